The summed E-state index contributed by atoms with van der Waals surface area (Å²) >= 11 is 0. The predicted molar refractivity (Wildman–Crippen MR) is 37.4 cm³/mol. The van der Waals surface area contributed by atoms with Gasteiger partial charge in [0.05, 0.1) is 11.3 Å². The van der Waals surface area contributed by atoms with E-state index < -0.39 is 0 Å². The third-order valence-electron chi connectivity index (χ3n) is 1.56. The highest BCUT2D eigenvalue weighted by Crippen LogP contribution is 2.13. The van der Waals surface area contributed by atoms with E-state index in [1.165, 1.54) is 18.3 Å². The van der Waals surface area contributed by atoms with Crippen LogP contribution in [-0.2, 0) is 0 Å². The van der Waals surface area contributed by atoms with Gasteiger partial charge in [0.25, 0.3) is 0 Å². The van der Waals surface area contributed by atoms with Gasteiger partial charge in [-0.15, -0.1) is 0 Å². The van der Waals surface area contributed by atoms with E-state index in [1.807, 2.05) is 0 Å². The Kier molecular flexibility index (Phi) is 1.06. The summed E-state index contributed by atoms with van der Waals surface area (Å²) in [5.41, 5.74) is 0.690. The molecule has 11 heavy (non-hydrogen) atoms. The smallest absolute Gasteiger partial charge is 0.202 e. The van der Waals surface area contributed by atoms with Crippen molar-refractivity contribution >= 4 is 11.6 Å². The maximum absolute atomic E-state index is 11.0. The maximum atomic E-state index is 11.0. The van der Waals surface area contributed by atoms with E-state index in [1.54, 1.807) is 0 Å². The lowest BCUT2D eigenvalue weighted by Crippen LogP contribution is -2.09. The van der Waals surface area contributed by atoms with E-state index in [0.29, 0.717) is 11.3 Å². The topological polar surface area (TPSA) is 49.9 Å². The number of hydrogen-bond donors (Lipinski definition) is 1. The van der Waals surface area contributed by atoms with Gasteiger partial charge < -0.3 is 4.98 Å². The number of ketones is 2. The molecule has 0 amide bonds. The fourth-order valence-electron chi connectivity index (χ4n) is 1.03. The van der Waals surface area contributed by atoms with Crippen LogP contribution in [0.2, 0.25) is 0 Å². The van der Waals surface area contributed by atoms with Crippen molar-refractivity contribution in [2.75, 3.05) is 0 Å². The van der Waals surface area contributed by atoms with Gasteiger partial charge in [-0.3, -0.25) is 9.59 Å². The van der Waals surface area contributed by atoms with Gasteiger partial charge >= 0.3 is 0 Å². The number of aromatic nitrogens is 1. The normalized spacial score (nSPS) is 15.3. The third-order valence-corrected chi connectivity index (χ3v) is 1.56. The summed E-state index contributed by atoms with van der Waals surface area (Å²) in [6.07, 6.45) is 3.98. The fourth-order valence-corrected chi connectivity index (χ4v) is 1.03. The third kappa shape index (κ3) is 0.741. The number of nitrogens with one attached hydrogen (secondary N) is 1. The lowest BCUT2D eigenvalue weighted by molar-refractivity contribution is 0.0992. The van der Waals surface area contributed by atoms with Crippen LogP contribution in [0.4, 0.5) is 0 Å². The lowest BCUT2D eigenvalue weighted by atomic mass is 10.0. The Bertz CT molecular complexity index is 327. The van der Waals surface area contributed by atoms with E-state index in [4.69, 9.17) is 0 Å². The Balaban J connectivity index is 2.68. The Morgan fingerprint density at radius 3 is 2.64 bits per heavy atom. The highest BCUT2D eigenvalue weighted by Gasteiger charge is 2.19. The Labute approximate surface area is 62.7 Å². The van der Waals surface area contributed by atoms with Crippen molar-refractivity contribution in [3.63, 3.8) is 0 Å². The molecule has 1 aromatic heterocycles. The molecule has 53 valence electrons. The molecule has 3 heteroatoms. The molecule has 0 aromatic carbocycles. The van der Waals surface area contributed by atoms with Crippen molar-refractivity contribution in [2.45, 2.75) is 0 Å². The number of carbonyl (C=O) groups is 2. The number of hydrogen-bond acceptors (Lipinski definition) is 2. The van der Waals surface area contributed by atoms with Crippen LogP contribution in [-0.4, -0.2) is 16.6 Å². The second-order valence-corrected chi connectivity index (χ2v) is 2.24. The largest absolute Gasteiger partial charge is 0.357 e. The van der Waals surface area contributed by atoms with Crippen LogP contribution >= 0.6 is 0 Å². The maximum Gasteiger partial charge on any atom is 0.202 e. The standard InChI is InChI=1S/C8H4NO2/c10-6-1-2-7(11)8-5(6)3-4-9-8/h1-2,4,9H. The van der Waals surface area contributed by atoms with Crippen molar-refractivity contribution in [3.8, 4) is 0 Å². The Morgan fingerprint density at radius 1 is 1.18 bits per heavy atom. The quantitative estimate of drug-likeness (QED) is 0.587. The average molecular weight is 146 g/mol. The van der Waals surface area contributed by atoms with Crippen LogP contribution in [0.25, 0.3) is 0 Å². The average Bonchev–Trinajstić information content (AvgIpc) is 2.45. The zero-order valence-electron chi connectivity index (χ0n) is 5.55. The lowest BCUT2D eigenvalue weighted by Gasteiger charge is -2.00. The highest BCUT2D eigenvalue weighted by atomic mass is 16.1. The van der Waals surface area contributed by atoms with Crippen LogP contribution in [0.1, 0.15) is 20.8 Å². The minimum atomic E-state index is -0.166. The SMILES string of the molecule is O=C1C=CC(=O)c2[nH]c[c]c21. The summed E-state index contributed by atoms with van der Waals surface area (Å²) in [4.78, 5) is 24.7. The second kappa shape index (κ2) is 1.92. The molecule has 3 nitrogen and oxygen atoms in total. The minimum absolute atomic E-state index is 0.166. The fraction of sp³-hybridized carbons (Fsp3) is 0. The van der Waals surface area contributed by atoms with Crippen molar-refractivity contribution in [1.82, 2.24) is 4.98 Å². The van der Waals surface area contributed by atoms with E-state index in [-0.39, 0.29) is 11.6 Å². The molecule has 1 aliphatic carbocycles. The van der Waals surface area contributed by atoms with Crippen LogP contribution in [0.5, 0.6) is 0 Å². The van der Waals surface area contributed by atoms with Crippen molar-refractivity contribution in [2.24, 2.45) is 0 Å². The summed E-state index contributed by atoms with van der Waals surface area (Å²) in [6, 6.07) is 2.66. The first-order valence-electron chi connectivity index (χ1n) is 3.15. The number of rotatable bonds is 0. The molecule has 0 atom stereocenters. The molecular weight excluding hydrogens is 142 g/mol. The van der Waals surface area contributed by atoms with E-state index >= 15 is 0 Å². The first-order valence-corrected chi connectivity index (χ1v) is 3.15. The molecule has 0 unspecified atom stereocenters. The summed E-state index contributed by atoms with van der Waals surface area (Å²) < 4.78 is 0. The summed E-state index contributed by atoms with van der Waals surface area (Å²) in [5.74, 6) is -0.332. The number of fused-ring (bicyclic) bond motifs is 1. The molecule has 1 aromatic rings. The van der Waals surface area contributed by atoms with Crippen molar-refractivity contribution in [1.29, 1.82) is 0 Å². The molecule has 0 spiro atoms. The van der Waals surface area contributed by atoms with Gasteiger partial charge in [-0.25, -0.2) is 0 Å². The first-order chi connectivity index (χ1) is 5.29. The number of aromatic amines is 1. The second-order valence-electron chi connectivity index (χ2n) is 2.24. The Morgan fingerprint density at radius 2 is 1.91 bits per heavy atom. The highest BCUT2D eigenvalue weighted by molar-refractivity contribution is 6.21. The van der Waals surface area contributed by atoms with Crippen LogP contribution in [0, 0.1) is 6.07 Å². The van der Waals surface area contributed by atoms with E-state index in [0.717, 1.165) is 0 Å². The molecule has 0 saturated heterocycles. The van der Waals surface area contributed by atoms with Crippen LogP contribution in [0.15, 0.2) is 18.3 Å². The van der Waals surface area contributed by atoms with E-state index in [2.05, 4.69) is 11.1 Å². The Hall–Kier alpha value is -1.64. The van der Waals surface area contributed by atoms with Gasteiger partial charge in [0.15, 0.2) is 5.78 Å². The molecule has 0 fully saturated rings. The van der Waals surface area contributed by atoms with Gasteiger partial charge in [-0.05, 0) is 12.2 Å². The zero-order valence-corrected chi connectivity index (χ0v) is 5.55. The van der Waals surface area contributed by atoms with Crippen molar-refractivity contribution in [3.05, 3.63) is 35.7 Å². The van der Waals surface area contributed by atoms with Crippen molar-refractivity contribution < 1.29 is 9.59 Å². The molecule has 1 N–H and O–H groups in total. The van der Waals surface area contributed by atoms with Gasteiger partial charge in [0.1, 0.15) is 0 Å². The molecule has 1 aliphatic rings. The van der Waals surface area contributed by atoms with Gasteiger partial charge in [-0.1, -0.05) is 0 Å². The van der Waals surface area contributed by atoms with Gasteiger partial charge in [0.2, 0.25) is 5.78 Å². The van der Waals surface area contributed by atoms with Gasteiger partial charge in [-0.2, -0.15) is 0 Å². The first kappa shape index (κ1) is 6.09. The number of carbonyl (C=O) groups excluding carboxylic acids is 2. The summed E-state index contributed by atoms with van der Waals surface area (Å²) in [6.45, 7) is 0. The molecule has 0 saturated carbocycles. The number of allylic oxidation sites excluding steroid dienone is 2. The molecule has 1 radical (unpaired) electrons. The van der Waals surface area contributed by atoms with Crippen LogP contribution < -0.4 is 0 Å². The predicted octanol–water partition coefficient (Wildman–Crippen LogP) is 0.750. The summed E-state index contributed by atoms with van der Waals surface area (Å²) in [5, 5.41) is 0. The molecular formula is C8H4NO2. The van der Waals surface area contributed by atoms with E-state index in [9.17, 15) is 9.59 Å². The molecule has 0 bridgehead atoms. The summed E-state index contributed by atoms with van der Waals surface area (Å²) in [7, 11) is 0. The number of H-pyrrole nitrogens is 1. The molecule has 2 rings (SSSR count). The molecule has 1 heterocycles. The zero-order chi connectivity index (χ0) is 7.84. The monoisotopic (exact) mass is 146 g/mol. The van der Waals surface area contributed by atoms with Gasteiger partial charge in [0, 0.05) is 12.3 Å². The molecule has 0 aliphatic heterocycles. The van der Waals surface area contributed by atoms with Crippen LogP contribution in [0.3, 0.4) is 0 Å². The minimum Gasteiger partial charge on any atom is -0.357 e.